The molecule has 0 atom stereocenters. The van der Waals surface area contributed by atoms with Gasteiger partial charge in [0.15, 0.2) is 11.5 Å². The lowest BCUT2D eigenvalue weighted by Crippen LogP contribution is -2.14. The summed E-state index contributed by atoms with van der Waals surface area (Å²) >= 11 is 0. The zero-order valence-electron chi connectivity index (χ0n) is 18.6. The maximum Gasteiger partial charge on any atom is 0.416 e. The molecule has 6 nitrogen and oxygen atoms in total. The van der Waals surface area contributed by atoms with Crippen LogP contribution in [0, 0.1) is 18.3 Å². The minimum Gasteiger partial charge on any atom is -0.493 e. The Morgan fingerprint density at radius 2 is 1.71 bits per heavy atom. The summed E-state index contributed by atoms with van der Waals surface area (Å²) in [6.45, 7) is 1.89. The molecule has 3 aromatic carbocycles. The number of carbonyl (C=O) groups excluding carboxylic acids is 2. The highest BCUT2D eigenvalue weighted by Crippen LogP contribution is 2.31. The van der Waals surface area contributed by atoms with Gasteiger partial charge in [0.1, 0.15) is 11.6 Å². The number of aryl methyl sites for hydroxylation is 1. The summed E-state index contributed by atoms with van der Waals surface area (Å²) in [4.78, 5) is 24.9. The molecule has 178 valence electrons. The molecule has 0 aliphatic rings. The zero-order valence-corrected chi connectivity index (χ0v) is 18.6. The number of esters is 1. The molecule has 0 saturated carbocycles. The molecule has 0 fully saturated rings. The number of methoxy groups -OCH3 is 1. The Kier molecular flexibility index (Phi) is 7.56. The second-order valence-corrected chi connectivity index (χ2v) is 7.37. The zero-order chi connectivity index (χ0) is 25.6. The van der Waals surface area contributed by atoms with Crippen LogP contribution in [-0.2, 0) is 11.0 Å². The van der Waals surface area contributed by atoms with Gasteiger partial charge in [0.25, 0.3) is 5.91 Å². The number of hydrogen-bond donors (Lipinski definition) is 1. The van der Waals surface area contributed by atoms with E-state index in [1.807, 2.05) is 6.92 Å². The van der Waals surface area contributed by atoms with Crippen molar-refractivity contribution in [2.75, 3.05) is 12.4 Å². The first-order valence-electron chi connectivity index (χ1n) is 10.2. The third-order valence-corrected chi connectivity index (χ3v) is 4.80. The third kappa shape index (κ3) is 6.48. The Morgan fingerprint density at radius 3 is 2.34 bits per heavy atom. The van der Waals surface area contributed by atoms with Gasteiger partial charge in [0, 0.05) is 5.69 Å². The first-order chi connectivity index (χ1) is 16.6. The fraction of sp³-hybridized carbons (Fsp3) is 0.115. The lowest BCUT2D eigenvalue weighted by molar-refractivity contribution is -0.137. The summed E-state index contributed by atoms with van der Waals surface area (Å²) < 4.78 is 49.3. The van der Waals surface area contributed by atoms with Crippen LogP contribution in [0.4, 0.5) is 18.9 Å². The molecule has 0 aliphatic heterocycles. The molecule has 3 rings (SSSR count). The van der Waals surface area contributed by atoms with E-state index in [4.69, 9.17) is 9.47 Å². The minimum atomic E-state index is -4.57. The van der Waals surface area contributed by atoms with E-state index in [1.165, 1.54) is 37.5 Å². The van der Waals surface area contributed by atoms with Crippen molar-refractivity contribution in [3.05, 3.63) is 94.6 Å². The third-order valence-electron chi connectivity index (χ3n) is 4.80. The molecular formula is C26H19F3N2O4. The van der Waals surface area contributed by atoms with Gasteiger partial charge in [0.2, 0.25) is 0 Å². The van der Waals surface area contributed by atoms with Crippen molar-refractivity contribution in [1.82, 2.24) is 0 Å². The molecule has 0 aromatic heterocycles. The summed E-state index contributed by atoms with van der Waals surface area (Å²) in [6, 6.07) is 17.0. The molecule has 0 aliphatic carbocycles. The maximum absolute atomic E-state index is 12.9. The first kappa shape index (κ1) is 25.1. The van der Waals surface area contributed by atoms with Gasteiger partial charge in [-0.3, -0.25) is 4.79 Å². The van der Waals surface area contributed by atoms with Crippen molar-refractivity contribution < 1.29 is 32.2 Å². The number of hydrogen-bond acceptors (Lipinski definition) is 5. The van der Waals surface area contributed by atoms with E-state index in [2.05, 4.69) is 5.32 Å². The van der Waals surface area contributed by atoms with Crippen LogP contribution in [-0.4, -0.2) is 19.0 Å². The minimum absolute atomic E-state index is 0.109. The quantitative estimate of drug-likeness (QED) is 0.209. The topological polar surface area (TPSA) is 88.4 Å². The fourth-order valence-electron chi connectivity index (χ4n) is 2.99. The number of ether oxygens (including phenoxy) is 2. The number of benzene rings is 3. The van der Waals surface area contributed by atoms with E-state index in [9.17, 15) is 28.0 Å². The molecule has 0 heterocycles. The number of halogens is 3. The van der Waals surface area contributed by atoms with Crippen LogP contribution in [0.15, 0.2) is 72.3 Å². The van der Waals surface area contributed by atoms with E-state index < -0.39 is 23.6 Å². The number of amides is 1. The Hall–Kier alpha value is -4.58. The summed E-state index contributed by atoms with van der Waals surface area (Å²) in [5, 5.41) is 11.7. The van der Waals surface area contributed by atoms with E-state index in [0.717, 1.165) is 23.8 Å². The van der Waals surface area contributed by atoms with Gasteiger partial charge >= 0.3 is 12.1 Å². The fourth-order valence-corrected chi connectivity index (χ4v) is 2.99. The number of anilines is 1. The number of carbonyl (C=O) groups is 2. The predicted octanol–water partition coefficient (Wildman–Crippen LogP) is 5.79. The average molecular weight is 480 g/mol. The van der Waals surface area contributed by atoms with Crippen molar-refractivity contribution in [2.45, 2.75) is 13.1 Å². The highest BCUT2D eigenvalue weighted by Gasteiger charge is 2.30. The molecule has 35 heavy (non-hydrogen) atoms. The van der Waals surface area contributed by atoms with Crippen molar-refractivity contribution in [1.29, 1.82) is 5.26 Å². The molecule has 0 radical (unpaired) electrons. The van der Waals surface area contributed by atoms with Crippen LogP contribution < -0.4 is 14.8 Å². The van der Waals surface area contributed by atoms with Crippen LogP contribution in [0.1, 0.15) is 27.0 Å². The Morgan fingerprint density at radius 1 is 1.00 bits per heavy atom. The molecule has 0 bridgehead atoms. The highest BCUT2D eigenvalue weighted by atomic mass is 19.4. The lowest BCUT2D eigenvalue weighted by atomic mass is 10.1. The van der Waals surface area contributed by atoms with E-state index in [-0.39, 0.29) is 22.8 Å². The van der Waals surface area contributed by atoms with Crippen LogP contribution in [0.5, 0.6) is 11.5 Å². The van der Waals surface area contributed by atoms with Gasteiger partial charge in [-0.1, -0.05) is 29.8 Å². The van der Waals surface area contributed by atoms with E-state index in [1.54, 1.807) is 30.3 Å². The van der Waals surface area contributed by atoms with Gasteiger partial charge < -0.3 is 14.8 Å². The maximum atomic E-state index is 12.9. The summed E-state index contributed by atoms with van der Waals surface area (Å²) in [5.41, 5.74) is 0.308. The second-order valence-electron chi connectivity index (χ2n) is 7.37. The number of nitriles is 1. The lowest BCUT2D eigenvalue weighted by Gasteiger charge is -2.11. The van der Waals surface area contributed by atoms with Crippen LogP contribution in [0.25, 0.3) is 6.08 Å². The number of alkyl halides is 3. The van der Waals surface area contributed by atoms with Crippen molar-refractivity contribution in [2.24, 2.45) is 0 Å². The van der Waals surface area contributed by atoms with E-state index >= 15 is 0 Å². The summed E-state index contributed by atoms with van der Waals surface area (Å²) in [6.07, 6.45) is -3.34. The van der Waals surface area contributed by atoms with Crippen molar-refractivity contribution in [3.63, 3.8) is 0 Å². The SMILES string of the molecule is COc1cc(C=C(C#N)C(=O)Nc2cccc(C(F)(F)F)c2)ccc1OC(=O)c1ccc(C)cc1. The molecule has 9 heteroatoms. The van der Waals surface area contributed by atoms with Crippen LogP contribution in [0.3, 0.4) is 0 Å². The van der Waals surface area contributed by atoms with Crippen molar-refractivity contribution in [3.8, 4) is 17.6 Å². The summed E-state index contributed by atoms with van der Waals surface area (Å²) in [5.74, 6) is -1.18. The van der Waals surface area contributed by atoms with Gasteiger partial charge in [-0.05, 0) is 61.0 Å². The molecule has 1 N–H and O–H groups in total. The number of nitrogens with one attached hydrogen (secondary N) is 1. The summed E-state index contributed by atoms with van der Waals surface area (Å²) in [7, 11) is 1.36. The first-order valence-corrected chi connectivity index (χ1v) is 10.2. The Bertz CT molecular complexity index is 1320. The van der Waals surface area contributed by atoms with Crippen LogP contribution in [0.2, 0.25) is 0 Å². The number of rotatable bonds is 6. The van der Waals surface area contributed by atoms with Crippen molar-refractivity contribution >= 4 is 23.6 Å². The molecule has 0 spiro atoms. The molecule has 3 aromatic rings. The van der Waals surface area contributed by atoms with Gasteiger partial charge in [-0.25, -0.2) is 4.79 Å². The molecule has 0 saturated heterocycles. The van der Waals surface area contributed by atoms with Gasteiger partial charge in [-0.2, -0.15) is 18.4 Å². The second kappa shape index (κ2) is 10.6. The highest BCUT2D eigenvalue weighted by molar-refractivity contribution is 6.09. The van der Waals surface area contributed by atoms with E-state index in [0.29, 0.717) is 11.1 Å². The Balaban J connectivity index is 1.79. The average Bonchev–Trinajstić information content (AvgIpc) is 2.83. The largest absolute Gasteiger partial charge is 0.493 e. The van der Waals surface area contributed by atoms with Gasteiger partial charge in [-0.15, -0.1) is 0 Å². The number of nitrogens with zero attached hydrogens (tertiary/aromatic N) is 1. The monoisotopic (exact) mass is 480 g/mol. The van der Waals surface area contributed by atoms with Gasteiger partial charge in [0.05, 0.1) is 18.2 Å². The predicted molar refractivity (Wildman–Crippen MR) is 123 cm³/mol. The smallest absolute Gasteiger partial charge is 0.416 e. The molecular weight excluding hydrogens is 461 g/mol. The molecule has 1 amide bonds. The van der Waals surface area contributed by atoms with Crippen LogP contribution >= 0.6 is 0 Å². The molecule has 0 unspecified atom stereocenters. The normalized spacial score (nSPS) is 11.4. The standard InChI is InChI=1S/C26H19F3N2O4/c1-16-6-9-18(10-7-16)25(33)35-22-11-8-17(13-23(22)34-2)12-19(15-30)24(32)31-21-5-3-4-20(14-21)26(27,28)29/h3-14H,1-2H3,(H,31,32). The Labute approximate surface area is 199 Å².